The van der Waals surface area contributed by atoms with E-state index in [9.17, 15) is 0 Å². The van der Waals surface area contributed by atoms with E-state index in [1.165, 1.54) is 25.7 Å². The highest BCUT2D eigenvalue weighted by Crippen LogP contribution is 2.19. The van der Waals surface area contributed by atoms with E-state index in [0.717, 1.165) is 25.5 Å². The molecule has 1 aliphatic rings. The summed E-state index contributed by atoms with van der Waals surface area (Å²) in [5.41, 5.74) is 1.60. The fraction of sp³-hybridized carbons (Fsp3) is 0.786. The van der Waals surface area contributed by atoms with Gasteiger partial charge < -0.3 is 10.6 Å². The van der Waals surface area contributed by atoms with E-state index in [1.54, 1.807) is 5.57 Å². The number of aliphatic imine (C=N–C) groups is 1. The molecule has 3 nitrogen and oxygen atoms in total. The SMILES string of the molecule is CCNC(=NCCC1=CCCCC1)NC(C)C.I. The van der Waals surface area contributed by atoms with E-state index < -0.39 is 0 Å². The van der Waals surface area contributed by atoms with Gasteiger partial charge in [0.15, 0.2) is 5.96 Å². The predicted octanol–water partition coefficient (Wildman–Crippen LogP) is 3.46. The van der Waals surface area contributed by atoms with Crippen LogP contribution in [-0.2, 0) is 0 Å². The highest BCUT2D eigenvalue weighted by atomic mass is 127. The summed E-state index contributed by atoms with van der Waals surface area (Å²) in [6.07, 6.45) is 8.80. The third kappa shape index (κ3) is 7.95. The van der Waals surface area contributed by atoms with Gasteiger partial charge in [0.25, 0.3) is 0 Å². The summed E-state index contributed by atoms with van der Waals surface area (Å²) in [5.74, 6) is 0.943. The van der Waals surface area contributed by atoms with Crippen LogP contribution < -0.4 is 10.6 Å². The molecule has 0 atom stereocenters. The molecule has 0 saturated carbocycles. The number of nitrogens with one attached hydrogen (secondary N) is 2. The van der Waals surface area contributed by atoms with Crippen LogP contribution in [0.1, 0.15) is 52.9 Å². The summed E-state index contributed by atoms with van der Waals surface area (Å²) < 4.78 is 0. The van der Waals surface area contributed by atoms with Crippen molar-refractivity contribution in [1.82, 2.24) is 10.6 Å². The van der Waals surface area contributed by atoms with Crippen LogP contribution in [-0.4, -0.2) is 25.1 Å². The molecule has 18 heavy (non-hydrogen) atoms. The predicted molar refractivity (Wildman–Crippen MR) is 90.8 cm³/mol. The minimum absolute atomic E-state index is 0. The standard InChI is InChI=1S/C14H27N3.HI/c1-4-15-14(17-12(2)3)16-11-10-13-8-6-5-7-9-13;/h8,12H,4-7,9-11H2,1-3H3,(H2,15,16,17);1H. The van der Waals surface area contributed by atoms with Crippen molar-refractivity contribution in [3.05, 3.63) is 11.6 Å². The minimum atomic E-state index is 0. The maximum absolute atomic E-state index is 4.60. The number of hydrogen-bond donors (Lipinski definition) is 2. The van der Waals surface area contributed by atoms with Crippen molar-refractivity contribution in [3.8, 4) is 0 Å². The first-order chi connectivity index (χ1) is 8.22. The fourth-order valence-electron chi connectivity index (χ4n) is 2.04. The first kappa shape index (κ1) is 17.7. The van der Waals surface area contributed by atoms with E-state index in [2.05, 4.69) is 42.5 Å². The lowest BCUT2D eigenvalue weighted by Gasteiger charge is -2.15. The zero-order valence-corrected chi connectivity index (χ0v) is 14.3. The van der Waals surface area contributed by atoms with Crippen LogP contribution in [0.4, 0.5) is 0 Å². The molecule has 0 aromatic carbocycles. The Bertz CT molecular complexity index is 272. The first-order valence-corrected chi connectivity index (χ1v) is 6.95. The number of allylic oxidation sites excluding steroid dienone is 1. The first-order valence-electron chi connectivity index (χ1n) is 6.95. The number of rotatable bonds is 5. The van der Waals surface area contributed by atoms with Crippen LogP contribution in [0.25, 0.3) is 0 Å². The second-order valence-electron chi connectivity index (χ2n) is 4.92. The lowest BCUT2D eigenvalue weighted by molar-refractivity contribution is 0.670. The summed E-state index contributed by atoms with van der Waals surface area (Å²) in [6.45, 7) is 8.18. The van der Waals surface area contributed by atoms with Gasteiger partial charge >= 0.3 is 0 Å². The van der Waals surface area contributed by atoms with Crippen LogP contribution in [0, 0.1) is 0 Å². The smallest absolute Gasteiger partial charge is 0.191 e. The third-order valence-electron chi connectivity index (χ3n) is 2.86. The normalized spacial score (nSPS) is 16.0. The van der Waals surface area contributed by atoms with Crippen LogP contribution in [0.5, 0.6) is 0 Å². The highest BCUT2D eigenvalue weighted by molar-refractivity contribution is 14.0. The van der Waals surface area contributed by atoms with E-state index in [-0.39, 0.29) is 24.0 Å². The van der Waals surface area contributed by atoms with Crippen LogP contribution >= 0.6 is 24.0 Å². The summed E-state index contributed by atoms with van der Waals surface area (Å²) in [4.78, 5) is 4.60. The molecule has 0 spiro atoms. The summed E-state index contributed by atoms with van der Waals surface area (Å²) in [7, 11) is 0. The van der Waals surface area contributed by atoms with Crippen molar-refractivity contribution in [2.45, 2.75) is 58.9 Å². The van der Waals surface area contributed by atoms with E-state index in [1.807, 2.05) is 0 Å². The Hall–Kier alpha value is -0.260. The van der Waals surface area contributed by atoms with Crippen LogP contribution in [0.15, 0.2) is 16.6 Å². The molecule has 0 radical (unpaired) electrons. The molecule has 0 amide bonds. The van der Waals surface area contributed by atoms with Crippen molar-refractivity contribution in [2.75, 3.05) is 13.1 Å². The minimum Gasteiger partial charge on any atom is -0.357 e. The molecular formula is C14H28IN3. The van der Waals surface area contributed by atoms with Gasteiger partial charge in [-0.1, -0.05) is 11.6 Å². The van der Waals surface area contributed by atoms with Gasteiger partial charge in [0.1, 0.15) is 0 Å². The van der Waals surface area contributed by atoms with Crippen molar-refractivity contribution in [1.29, 1.82) is 0 Å². The number of hydrogen-bond acceptors (Lipinski definition) is 1. The van der Waals surface area contributed by atoms with Gasteiger partial charge in [0, 0.05) is 19.1 Å². The molecule has 2 N–H and O–H groups in total. The average Bonchev–Trinajstić information content (AvgIpc) is 2.30. The quantitative estimate of drug-likeness (QED) is 0.339. The van der Waals surface area contributed by atoms with E-state index >= 15 is 0 Å². The van der Waals surface area contributed by atoms with E-state index in [0.29, 0.717) is 6.04 Å². The molecule has 1 rings (SSSR count). The zero-order chi connectivity index (χ0) is 12.5. The fourth-order valence-corrected chi connectivity index (χ4v) is 2.04. The number of nitrogens with zero attached hydrogens (tertiary/aromatic N) is 1. The maximum Gasteiger partial charge on any atom is 0.191 e. The Balaban J connectivity index is 0.00000289. The molecule has 0 aliphatic heterocycles. The van der Waals surface area contributed by atoms with Gasteiger partial charge in [0.05, 0.1) is 0 Å². The number of guanidine groups is 1. The largest absolute Gasteiger partial charge is 0.357 e. The van der Waals surface area contributed by atoms with Crippen molar-refractivity contribution in [3.63, 3.8) is 0 Å². The topological polar surface area (TPSA) is 36.4 Å². The highest BCUT2D eigenvalue weighted by Gasteiger charge is 2.03. The van der Waals surface area contributed by atoms with Crippen LogP contribution in [0.3, 0.4) is 0 Å². The Labute approximate surface area is 129 Å². The summed E-state index contributed by atoms with van der Waals surface area (Å²) >= 11 is 0. The number of halogens is 1. The molecule has 0 heterocycles. The lowest BCUT2D eigenvalue weighted by atomic mass is 9.97. The molecule has 0 bridgehead atoms. The summed E-state index contributed by atoms with van der Waals surface area (Å²) in [6, 6.07) is 0.432. The van der Waals surface area contributed by atoms with Crippen molar-refractivity contribution >= 4 is 29.9 Å². The Morgan fingerprint density at radius 2 is 2.17 bits per heavy atom. The second-order valence-corrected chi connectivity index (χ2v) is 4.92. The van der Waals surface area contributed by atoms with E-state index in [4.69, 9.17) is 0 Å². The molecule has 0 aromatic rings. The van der Waals surface area contributed by atoms with Gasteiger partial charge in [-0.2, -0.15) is 0 Å². The van der Waals surface area contributed by atoms with Gasteiger partial charge in [-0.3, -0.25) is 4.99 Å². The molecule has 1 aliphatic carbocycles. The molecule has 0 fully saturated rings. The Kier molecular flexibility index (Phi) is 10.5. The van der Waals surface area contributed by atoms with Gasteiger partial charge in [-0.05, 0) is 52.9 Å². The van der Waals surface area contributed by atoms with Gasteiger partial charge in [0.2, 0.25) is 0 Å². The van der Waals surface area contributed by atoms with Crippen LogP contribution in [0.2, 0.25) is 0 Å². The van der Waals surface area contributed by atoms with Crippen molar-refractivity contribution < 1.29 is 0 Å². The molecule has 0 saturated heterocycles. The molecule has 4 heteroatoms. The molecular weight excluding hydrogens is 337 g/mol. The monoisotopic (exact) mass is 365 g/mol. The van der Waals surface area contributed by atoms with Gasteiger partial charge in [-0.25, -0.2) is 0 Å². The Morgan fingerprint density at radius 3 is 2.72 bits per heavy atom. The van der Waals surface area contributed by atoms with Gasteiger partial charge in [-0.15, -0.1) is 24.0 Å². The average molecular weight is 365 g/mol. The maximum atomic E-state index is 4.60. The third-order valence-corrected chi connectivity index (χ3v) is 2.86. The molecule has 106 valence electrons. The molecule has 0 unspecified atom stereocenters. The lowest BCUT2D eigenvalue weighted by Crippen LogP contribution is -2.41. The van der Waals surface area contributed by atoms with Crippen molar-refractivity contribution in [2.24, 2.45) is 4.99 Å². The molecule has 0 aromatic heterocycles. The zero-order valence-electron chi connectivity index (χ0n) is 12.0. The second kappa shape index (κ2) is 10.6. The summed E-state index contributed by atoms with van der Waals surface area (Å²) in [5, 5.41) is 6.61. The Morgan fingerprint density at radius 1 is 1.39 bits per heavy atom.